The zero-order chi connectivity index (χ0) is 13.8. The average molecular weight is 257 g/mol. The summed E-state index contributed by atoms with van der Waals surface area (Å²) in [6, 6.07) is 0.381. The molecule has 0 atom stereocenters. The van der Waals surface area contributed by atoms with Gasteiger partial charge in [-0.25, -0.2) is 0 Å². The Bertz CT molecular complexity index is 270. The van der Waals surface area contributed by atoms with Crippen LogP contribution in [-0.4, -0.2) is 48.3 Å². The van der Waals surface area contributed by atoms with Gasteiger partial charge >= 0.3 is 5.97 Å². The van der Waals surface area contributed by atoms with E-state index in [1.54, 1.807) is 0 Å². The molecule has 1 aliphatic rings. The molecular formula is C14H27NO3. The molecule has 18 heavy (non-hydrogen) atoms. The maximum absolute atomic E-state index is 11.6. The predicted molar refractivity (Wildman–Crippen MR) is 71.7 cm³/mol. The third-order valence-corrected chi connectivity index (χ3v) is 3.74. The lowest BCUT2D eigenvalue weighted by Crippen LogP contribution is -2.49. The fourth-order valence-electron chi connectivity index (χ4n) is 2.52. The average Bonchev–Trinajstić information content (AvgIpc) is 2.28. The molecular weight excluding hydrogens is 230 g/mol. The summed E-state index contributed by atoms with van der Waals surface area (Å²) in [4.78, 5) is 13.9. The Morgan fingerprint density at radius 1 is 1.28 bits per heavy atom. The van der Waals surface area contributed by atoms with Crippen LogP contribution in [0, 0.1) is 11.3 Å². The van der Waals surface area contributed by atoms with Gasteiger partial charge in [0.2, 0.25) is 0 Å². The third-order valence-electron chi connectivity index (χ3n) is 3.74. The van der Waals surface area contributed by atoms with Gasteiger partial charge in [-0.3, -0.25) is 9.69 Å². The summed E-state index contributed by atoms with van der Waals surface area (Å²) < 4.78 is 5.32. The molecule has 1 fully saturated rings. The first kappa shape index (κ1) is 15.4. The van der Waals surface area contributed by atoms with Gasteiger partial charge in [-0.2, -0.15) is 0 Å². The minimum Gasteiger partial charge on any atom is -0.481 e. The van der Waals surface area contributed by atoms with E-state index in [1.807, 2.05) is 0 Å². The van der Waals surface area contributed by atoms with E-state index in [1.165, 1.54) is 0 Å². The highest BCUT2D eigenvalue weighted by molar-refractivity contribution is 5.75. The van der Waals surface area contributed by atoms with E-state index in [9.17, 15) is 9.90 Å². The van der Waals surface area contributed by atoms with E-state index in [2.05, 4.69) is 32.6 Å². The molecule has 4 nitrogen and oxygen atoms in total. The predicted octanol–water partition coefficient (Wildman–Crippen LogP) is 2.23. The number of rotatable bonds is 6. The summed E-state index contributed by atoms with van der Waals surface area (Å²) in [6.45, 7) is 11.4. The summed E-state index contributed by atoms with van der Waals surface area (Å²) >= 11 is 0. The van der Waals surface area contributed by atoms with E-state index in [0.29, 0.717) is 44.6 Å². The lowest BCUT2D eigenvalue weighted by atomic mass is 9.79. The third kappa shape index (κ3) is 3.95. The van der Waals surface area contributed by atoms with Crippen molar-refractivity contribution in [3.8, 4) is 0 Å². The fourth-order valence-corrected chi connectivity index (χ4v) is 2.52. The number of carboxylic acid groups (broad SMARTS) is 1. The van der Waals surface area contributed by atoms with Crippen LogP contribution in [0.5, 0.6) is 0 Å². The topological polar surface area (TPSA) is 49.8 Å². The lowest BCUT2D eigenvalue weighted by Gasteiger charge is -2.40. The second-order valence-corrected chi connectivity index (χ2v) is 6.11. The molecule has 4 heteroatoms. The number of ether oxygens (including phenoxy) is 1. The van der Waals surface area contributed by atoms with Gasteiger partial charge in [0.05, 0.1) is 5.41 Å². The Labute approximate surface area is 110 Å². The van der Waals surface area contributed by atoms with Crippen molar-refractivity contribution in [2.24, 2.45) is 11.3 Å². The molecule has 0 amide bonds. The highest BCUT2D eigenvalue weighted by Gasteiger charge is 2.42. The van der Waals surface area contributed by atoms with Gasteiger partial charge in [0, 0.05) is 32.3 Å². The summed E-state index contributed by atoms with van der Waals surface area (Å²) in [5.74, 6) is -0.113. The molecule has 0 aromatic carbocycles. The van der Waals surface area contributed by atoms with Crippen LogP contribution in [0.4, 0.5) is 0 Å². The van der Waals surface area contributed by atoms with Crippen LogP contribution in [0.1, 0.15) is 40.5 Å². The van der Waals surface area contributed by atoms with Gasteiger partial charge in [0.1, 0.15) is 0 Å². The molecule has 0 aromatic rings. The van der Waals surface area contributed by atoms with Gasteiger partial charge in [-0.15, -0.1) is 0 Å². The maximum atomic E-state index is 11.6. The molecule has 0 unspecified atom stereocenters. The van der Waals surface area contributed by atoms with Crippen molar-refractivity contribution >= 4 is 5.97 Å². The number of nitrogens with zero attached hydrogens (tertiary/aromatic N) is 1. The van der Waals surface area contributed by atoms with E-state index >= 15 is 0 Å². The largest absolute Gasteiger partial charge is 0.481 e. The van der Waals surface area contributed by atoms with Gasteiger partial charge in [-0.05, 0) is 32.6 Å². The molecule has 0 aliphatic carbocycles. The minimum atomic E-state index is -0.666. The summed E-state index contributed by atoms with van der Waals surface area (Å²) in [6.07, 6.45) is 1.26. The summed E-state index contributed by atoms with van der Waals surface area (Å²) in [7, 11) is 0. The monoisotopic (exact) mass is 257 g/mol. The van der Waals surface area contributed by atoms with Crippen molar-refractivity contribution in [3.05, 3.63) is 0 Å². The van der Waals surface area contributed by atoms with Crippen molar-refractivity contribution in [1.82, 2.24) is 4.90 Å². The Kier molecular flexibility index (Phi) is 5.60. The lowest BCUT2D eigenvalue weighted by molar-refractivity contribution is -0.157. The highest BCUT2D eigenvalue weighted by atomic mass is 16.5. The number of carbonyl (C=O) groups is 1. The van der Waals surface area contributed by atoms with Crippen molar-refractivity contribution in [1.29, 1.82) is 0 Å². The normalized spacial score (nSPS) is 19.7. The van der Waals surface area contributed by atoms with Crippen LogP contribution in [0.25, 0.3) is 0 Å². The summed E-state index contributed by atoms with van der Waals surface area (Å²) in [5, 5.41) is 9.57. The van der Waals surface area contributed by atoms with Crippen LogP contribution in [0.2, 0.25) is 0 Å². The Morgan fingerprint density at radius 2 is 1.83 bits per heavy atom. The molecule has 0 saturated carbocycles. The molecule has 1 rings (SSSR count). The first-order valence-electron chi connectivity index (χ1n) is 6.92. The van der Waals surface area contributed by atoms with E-state index < -0.39 is 11.4 Å². The van der Waals surface area contributed by atoms with Gasteiger partial charge < -0.3 is 9.84 Å². The first-order valence-corrected chi connectivity index (χ1v) is 6.92. The Balaban J connectivity index is 2.76. The number of hydrogen-bond donors (Lipinski definition) is 1. The Hall–Kier alpha value is -0.610. The standard InChI is InChI=1S/C14H27NO3/c1-11(2)9-15(12(3)4)10-14(13(16)17)5-7-18-8-6-14/h11-12H,5-10H2,1-4H3,(H,16,17). The molecule has 1 N–H and O–H groups in total. The molecule has 0 aromatic heterocycles. The molecule has 0 radical (unpaired) electrons. The van der Waals surface area contributed by atoms with Crippen molar-refractivity contribution in [3.63, 3.8) is 0 Å². The quantitative estimate of drug-likeness (QED) is 0.793. The molecule has 0 spiro atoms. The Morgan fingerprint density at radius 3 is 2.22 bits per heavy atom. The van der Waals surface area contributed by atoms with E-state index in [4.69, 9.17) is 4.74 Å². The number of aliphatic carboxylic acids is 1. The van der Waals surface area contributed by atoms with E-state index in [0.717, 1.165) is 6.54 Å². The van der Waals surface area contributed by atoms with Crippen molar-refractivity contribution < 1.29 is 14.6 Å². The van der Waals surface area contributed by atoms with Crippen molar-refractivity contribution in [2.45, 2.75) is 46.6 Å². The van der Waals surface area contributed by atoms with Crippen LogP contribution in [-0.2, 0) is 9.53 Å². The number of hydrogen-bond acceptors (Lipinski definition) is 3. The summed E-state index contributed by atoms with van der Waals surface area (Å²) in [5.41, 5.74) is -0.614. The van der Waals surface area contributed by atoms with Crippen LogP contribution in [0.15, 0.2) is 0 Å². The molecule has 106 valence electrons. The highest BCUT2D eigenvalue weighted by Crippen LogP contribution is 2.32. The molecule has 0 bridgehead atoms. The molecule has 1 heterocycles. The van der Waals surface area contributed by atoms with Crippen LogP contribution in [0.3, 0.4) is 0 Å². The zero-order valence-corrected chi connectivity index (χ0v) is 12.1. The maximum Gasteiger partial charge on any atom is 0.311 e. The SMILES string of the molecule is CC(C)CN(CC1(C(=O)O)CCOCC1)C(C)C. The van der Waals surface area contributed by atoms with E-state index in [-0.39, 0.29) is 0 Å². The zero-order valence-electron chi connectivity index (χ0n) is 12.1. The van der Waals surface area contributed by atoms with Gasteiger partial charge in [0.25, 0.3) is 0 Å². The minimum absolute atomic E-state index is 0.381. The second kappa shape index (κ2) is 6.53. The molecule has 1 aliphatic heterocycles. The fraction of sp³-hybridized carbons (Fsp3) is 0.929. The van der Waals surface area contributed by atoms with Crippen LogP contribution < -0.4 is 0 Å². The van der Waals surface area contributed by atoms with Gasteiger partial charge in [0.15, 0.2) is 0 Å². The van der Waals surface area contributed by atoms with Gasteiger partial charge in [-0.1, -0.05) is 13.8 Å². The second-order valence-electron chi connectivity index (χ2n) is 6.11. The van der Waals surface area contributed by atoms with Crippen LogP contribution >= 0.6 is 0 Å². The first-order chi connectivity index (χ1) is 8.37. The number of carboxylic acids is 1. The van der Waals surface area contributed by atoms with Crippen molar-refractivity contribution in [2.75, 3.05) is 26.3 Å². The smallest absolute Gasteiger partial charge is 0.311 e. The molecule has 1 saturated heterocycles.